The molecule has 0 bridgehead atoms. The predicted octanol–water partition coefficient (Wildman–Crippen LogP) is 7.35. The second kappa shape index (κ2) is 12.7. The third-order valence-electron chi connectivity index (χ3n) is 7.31. The average Bonchev–Trinajstić information content (AvgIpc) is 2.92. The topological polar surface area (TPSA) is 55.8 Å². The van der Waals surface area contributed by atoms with Gasteiger partial charge >= 0.3 is 5.97 Å². The first-order chi connectivity index (χ1) is 17.9. The molecule has 0 heterocycles. The molecule has 1 aliphatic carbocycles. The lowest BCUT2D eigenvalue weighted by Gasteiger charge is -2.27. The van der Waals surface area contributed by atoms with Crippen LogP contribution in [0.1, 0.15) is 56.6 Å². The molecule has 0 radical (unpaired) electrons. The van der Waals surface area contributed by atoms with Crippen molar-refractivity contribution in [2.75, 3.05) is 19.8 Å². The third-order valence-corrected chi connectivity index (χ3v) is 7.31. The number of aliphatic hydroxyl groups excluding tert-OH is 1. The van der Waals surface area contributed by atoms with E-state index in [9.17, 15) is 4.79 Å². The van der Waals surface area contributed by atoms with Crippen molar-refractivity contribution in [2.45, 2.75) is 51.9 Å². The molecule has 194 valence electrons. The summed E-state index contributed by atoms with van der Waals surface area (Å²) in [5, 5.41) is 8.93. The Kier molecular flexibility index (Phi) is 9.19. The molecule has 1 fully saturated rings. The highest BCUT2D eigenvalue weighted by molar-refractivity contribution is 5.87. The zero-order chi connectivity index (χ0) is 26.2. The molecular formula is C33H38O4. The van der Waals surface area contributed by atoms with Crippen molar-refractivity contribution < 1.29 is 19.4 Å². The van der Waals surface area contributed by atoms with E-state index in [0.29, 0.717) is 31.1 Å². The summed E-state index contributed by atoms with van der Waals surface area (Å²) in [6.45, 7) is 8.35. The highest BCUT2D eigenvalue weighted by atomic mass is 16.5. The molecule has 3 aromatic carbocycles. The molecule has 4 nitrogen and oxygen atoms in total. The monoisotopic (exact) mass is 498 g/mol. The number of hydrogen-bond donors (Lipinski definition) is 1. The van der Waals surface area contributed by atoms with Gasteiger partial charge in [0.1, 0.15) is 12.4 Å². The van der Waals surface area contributed by atoms with E-state index in [0.717, 1.165) is 28.4 Å². The molecule has 0 saturated heterocycles. The van der Waals surface area contributed by atoms with Gasteiger partial charge in [0, 0.05) is 12.0 Å². The van der Waals surface area contributed by atoms with Gasteiger partial charge in [0.15, 0.2) is 0 Å². The third kappa shape index (κ3) is 7.11. The first-order valence-corrected chi connectivity index (χ1v) is 13.3. The first kappa shape index (κ1) is 26.7. The van der Waals surface area contributed by atoms with Gasteiger partial charge in [0.25, 0.3) is 0 Å². The summed E-state index contributed by atoms with van der Waals surface area (Å²) in [5.41, 5.74) is 7.60. The summed E-state index contributed by atoms with van der Waals surface area (Å²) < 4.78 is 10.9. The lowest BCUT2D eigenvalue weighted by Crippen LogP contribution is -2.12. The van der Waals surface area contributed by atoms with Crippen molar-refractivity contribution >= 4 is 5.97 Å². The molecule has 0 spiro atoms. The number of esters is 1. The van der Waals surface area contributed by atoms with Crippen LogP contribution in [0.3, 0.4) is 0 Å². The summed E-state index contributed by atoms with van der Waals surface area (Å²) in [4.78, 5) is 11.9. The molecule has 0 aliphatic heterocycles. The van der Waals surface area contributed by atoms with E-state index >= 15 is 0 Å². The number of rotatable bonds is 10. The smallest absolute Gasteiger partial charge is 0.333 e. The van der Waals surface area contributed by atoms with Crippen LogP contribution in [-0.4, -0.2) is 30.9 Å². The number of aliphatic hydroxyl groups is 1. The van der Waals surface area contributed by atoms with E-state index in [-0.39, 0.29) is 12.6 Å². The average molecular weight is 499 g/mol. The van der Waals surface area contributed by atoms with Gasteiger partial charge in [-0.1, -0.05) is 80.9 Å². The van der Waals surface area contributed by atoms with Crippen LogP contribution in [-0.2, 0) is 16.0 Å². The number of carbonyl (C=O) groups excluding carboxylic acids is 1. The Labute approximate surface area is 221 Å². The molecule has 0 unspecified atom stereocenters. The lowest BCUT2D eigenvalue weighted by molar-refractivity contribution is -0.138. The van der Waals surface area contributed by atoms with Gasteiger partial charge in [-0.25, -0.2) is 4.79 Å². The van der Waals surface area contributed by atoms with E-state index in [1.54, 1.807) is 6.92 Å². The SMILES string of the molecule is C=C(C)C(=O)OCCc1cc(C2CCC(C)CC2)ccc1-c1ccc(-c2ccc(OCCO)cc2)cc1. The van der Waals surface area contributed by atoms with Crippen LogP contribution in [0.15, 0.2) is 78.9 Å². The maximum atomic E-state index is 11.9. The van der Waals surface area contributed by atoms with Crippen molar-refractivity contribution in [1.29, 1.82) is 0 Å². The van der Waals surface area contributed by atoms with E-state index < -0.39 is 0 Å². The Morgan fingerprint density at radius 2 is 1.51 bits per heavy atom. The minimum Gasteiger partial charge on any atom is -0.491 e. The quantitative estimate of drug-likeness (QED) is 0.235. The fourth-order valence-electron chi connectivity index (χ4n) is 5.08. The second-order valence-electron chi connectivity index (χ2n) is 10.2. The molecule has 4 heteroatoms. The van der Waals surface area contributed by atoms with Crippen molar-refractivity contribution in [3.8, 4) is 28.0 Å². The van der Waals surface area contributed by atoms with Crippen molar-refractivity contribution in [2.24, 2.45) is 5.92 Å². The molecule has 0 amide bonds. The molecule has 1 N–H and O–H groups in total. The summed E-state index contributed by atoms with van der Waals surface area (Å²) >= 11 is 0. The molecule has 1 saturated carbocycles. The van der Waals surface area contributed by atoms with Crippen LogP contribution in [0.5, 0.6) is 5.75 Å². The number of ether oxygens (including phenoxy) is 2. The van der Waals surface area contributed by atoms with Crippen molar-refractivity contribution in [1.82, 2.24) is 0 Å². The van der Waals surface area contributed by atoms with Crippen LogP contribution < -0.4 is 4.74 Å². The molecule has 37 heavy (non-hydrogen) atoms. The zero-order valence-electron chi connectivity index (χ0n) is 22.0. The van der Waals surface area contributed by atoms with Gasteiger partial charge < -0.3 is 14.6 Å². The summed E-state index contributed by atoms with van der Waals surface area (Å²) in [7, 11) is 0. The molecule has 4 rings (SSSR count). The van der Waals surface area contributed by atoms with Gasteiger partial charge in [0.2, 0.25) is 0 Å². The molecule has 0 atom stereocenters. The molecule has 1 aliphatic rings. The van der Waals surface area contributed by atoms with Crippen molar-refractivity contribution in [3.05, 3.63) is 90.0 Å². The van der Waals surface area contributed by atoms with E-state index in [4.69, 9.17) is 14.6 Å². The first-order valence-electron chi connectivity index (χ1n) is 13.3. The Morgan fingerprint density at radius 1 is 0.892 bits per heavy atom. The Balaban J connectivity index is 1.55. The predicted molar refractivity (Wildman–Crippen MR) is 150 cm³/mol. The maximum absolute atomic E-state index is 11.9. The van der Waals surface area contributed by atoms with E-state index in [1.165, 1.54) is 42.4 Å². The van der Waals surface area contributed by atoms with Gasteiger partial charge in [-0.2, -0.15) is 0 Å². The summed E-state index contributed by atoms with van der Waals surface area (Å²) in [6, 6.07) is 23.4. The fourth-order valence-corrected chi connectivity index (χ4v) is 5.08. The summed E-state index contributed by atoms with van der Waals surface area (Å²) in [6.07, 6.45) is 5.72. The summed E-state index contributed by atoms with van der Waals surface area (Å²) in [5.74, 6) is 1.84. The van der Waals surface area contributed by atoms with Crippen LogP contribution in [0.2, 0.25) is 0 Å². The Morgan fingerprint density at radius 3 is 2.14 bits per heavy atom. The molecule has 0 aromatic heterocycles. The Bertz CT molecular complexity index is 1190. The van der Waals surface area contributed by atoms with Gasteiger partial charge in [-0.05, 0) is 77.1 Å². The fraction of sp³-hybridized carbons (Fsp3) is 0.364. The number of hydrogen-bond acceptors (Lipinski definition) is 4. The van der Waals surface area contributed by atoms with Crippen LogP contribution in [0.4, 0.5) is 0 Å². The molecular weight excluding hydrogens is 460 g/mol. The highest BCUT2D eigenvalue weighted by Gasteiger charge is 2.21. The normalized spacial score (nSPS) is 17.3. The highest BCUT2D eigenvalue weighted by Crippen LogP contribution is 2.38. The zero-order valence-corrected chi connectivity index (χ0v) is 22.0. The second-order valence-corrected chi connectivity index (χ2v) is 10.2. The largest absolute Gasteiger partial charge is 0.491 e. The van der Waals surface area contributed by atoms with E-state index in [1.807, 2.05) is 24.3 Å². The maximum Gasteiger partial charge on any atom is 0.333 e. The van der Waals surface area contributed by atoms with Crippen LogP contribution in [0, 0.1) is 5.92 Å². The number of carbonyl (C=O) groups is 1. The lowest BCUT2D eigenvalue weighted by atomic mass is 9.78. The van der Waals surface area contributed by atoms with E-state index in [2.05, 4.69) is 56.0 Å². The number of benzene rings is 3. The minimum atomic E-state index is -0.337. The molecule has 3 aromatic rings. The van der Waals surface area contributed by atoms with Gasteiger partial charge in [-0.15, -0.1) is 0 Å². The van der Waals surface area contributed by atoms with Crippen LogP contribution in [0.25, 0.3) is 22.3 Å². The van der Waals surface area contributed by atoms with Gasteiger partial charge in [-0.3, -0.25) is 0 Å². The standard InChI is InChI=1S/C33H38O4/c1-23(2)33(35)37-20-18-30-22-29(27-6-4-24(3)5-7-27)14-17-32(30)28-10-8-25(9-11-28)26-12-15-31(16-13-26)36-21-19-34/h8-17,22,24,27,34H,1,4-7,18-21H2,2-3H3. The van der Waals surface area contributed by atoms with Crippen molar-refractivity contribution in [3.63, 3.8) is 0 Å². The Hall–Kier alpha value is -3.37. The minimum absolute atomic E-state index is 0.00235. The van der Waals surface area contributed by atoms with Crippen LogP contribution >= 0.6 is 0 Å². The van der Waals surface area contributed by atoms with Gasteiger partial charge in [0.05, 0.1) is 13.2 Å².